The van der Waals surface area contributed by atoms with E-state index in [9.17, 15) is 13.2 Å². The molecule has 0 heterocycles. The molecule has 0 aromatic heterocycles. The minimum atomic E-state index is -3.59. The summed E-state index contributed by atoms with van der Waals surface area (Å²) in [5, 5.41) is 2.64. The molecule has 0 aliphatic rings. The Morgan fingerprint density at radius 2 is 1.79 bits per heavy atom. The van der Waals surface area contributed by atoms with E-state index in [-0.39, 0.29) is 17.5 Å². The van der Waals surface area contributed by atoms with Gasteiger partial charge in [0.2, 0.25) is 10.0 Å². The van der Waals surface area contributed by atoms with E-state index in [2.05, 4.69) is 5.32 Å². The Balaban J connectivity index is 2.70. The molecule has 24 heavy (non-hydrogen) atoms. The van der Waals surface area contributed by atoms with Crippen LogP contribution in [0.3, 0.4) is 0 Å². The maximum atomic E-state index is 12.6. The zero-order valence-corrected chi connectivity index (χ0v) is 16.1. The summed E-state index contributed by atoms with van der Waals surface area (Å²) in [6.45, 7) is 9.21. The quantitative estimate of drug-likeness (QED) is 0.850. The summed E-state index contributed by atoms with van der Waals surface area (Å²) in [6, 6.07) is 6.45. The van der Waals surface area contributed by atoms with Crippen LogP contribution in [0.4, 0.5) is 4.79 Å². The maximum absolute atomic E-state index is 12.6. The number of benzene rings is 1. The highest BCUT2D eigenvalue weighted by Gasteiger charge is 2.24. The fourth-order valence-electron chi connectivity index (χ4n) is 2.12. The number of aryl methyl sites for hydroxylation is 1. The fourth-order valence-corrected chi connectivity index (χ4v) is 3.38. The summed E-state index contributed by atoms with van der Waals surface area (Å²) in [4.78, 5) is 12.0. The highest BCUT2D eigenvalue weighted by Crippen LogP contribution is 2.16. The number of carbonyl (C=O) groups is 1. The first kappa shape index (κ1) is 20.4. The molecule has 1 aromatic rings. The molecule has 1 amide bonds. The molecule has 0 saturated carbocycles. The van der Waals surface area contributed by atoms with Crippen molar-refractivity contribution >= 4 is 16.1 Å². The molecule has 0 aliphatic carbocycles. The van der Waals surface area contributed by atoms with Gasteiger partial charge in [-0.15, -0.1) is 0 Å². The number of carbonyl (C=O) groups excluding carboxylic acids is 1. The standard InChI is InChI=1S/C17H28N2O4S/c1-7-14-8-10-15(11-9-14)24(21,22)19(6)12-13(2)18-16(20)23-17(3,4)5/h8-11,13H,7,12H2,1-6H3,(H,18,20)/t13-/m1/s1. The molecule has 0 saturated heterocycles. The molecule has 1 atom stereocenters. The lowest BCUT2D eigenvalue weighted by atomic mass is 10.2. The fraction of sp³-hybridized carbons (Fsp3) is 0.588. The normalized spacial score (nSPS) is 13.6. The minimum Gasteiger partial charge on any atom is -0.444 e. The Morgan fingerprint density at radius 3 is 2.25 bits per heavy atom. The van der Waals surface area contributed by atoms with Gasteiger partial charge in [0.1, 0.15) is 5.60 Å². The summed E-state index contributed by atoms with van der Waals surface area (Å²) >= 11 is 0. The van der Waals surface area contributed by atoms with E-state index in [1.165, 1.54) is 11.4 Å². The van der Waals surface area contributed by atoms with Crippen molar-refractivity contribution in [2.45, 2.75) is 57.6 Å². The lowest BCUT2D eigenvalue weighted by Crippen LogP contribution is -2.44. The van der Waals surface area contributed by atoms with Crippen molar-refractivity contribution in [2.75, 3.05) is 13.6 Å². The van der Waals surface area contributed by atoms with E-state index in [4.69, 9.17) is 4.74 Å². The monoisotopic (exact) mass is 356 g/mol. The van der Waals surface area contributed by atoms with Crippen LogP contribution in [-0.4, -0.2) is 44.1 Å². The van der Waals surface area contributed by atoms with Crippen LogP contribution in [0.15, 0.2) is 29.2 Å². The number of amides is 1. The van der Waals surface area contributed by atoms with E-state index < -0.39 is 21.7 Å². The van der Waals surface area contributed by atoms with Crippen LogP contribution in [0, 0.1) is 0 Å². The van der Waals surface area contributed by atoms with Gasteiger partial charge in [0.25, 0.3) is 0 Å². The Labute approximate surface area is 145 Å². The van der Waals surface area contributed by atoms with Crippen LogP contribution in [0.5, 0.6) is 0 Å². The Bertz CT molecular complexity index is 648. The molecule has 0 spiro atoms. The van der Waals surface area contributed by atoms with E-state index in [0.717, 1.165) is 12.0 Å². The molecular weight excluding hydrogens is 328 g/mol. The number of hydrogen-bond acceptors (Lipinski definition) is 4. The van der Waals surface area contributed by atoms with Crippen LogP contribution in [0.2, 0.25) is 0 Å². The SMILES string of the molecule is CCc1ccc(S(=O)(=O)N(C)C[C@@H](C)NC(=O)OC(C)(C)C)cc1. The first-order valence-electron chi connectivity index (χ1n) is 8.00. The van der Waals surface area contributed by atoms with Gasteiger partial charge >= 0.3 is 6.09 Å². The van der Waals surface area contributed by atoms with Gasteiger partial charge in [-0.25, -0.2) is 13.2 Å². The van der Waals surface area contributed by atoms with Crippen molar-refractivity contribution in [3.63, 3.8) is 0 Å². The van der Waals surface area contributed by atoms with Crippen molar-refractivity contribution in [2.24, 2.45) is 0 Å². The first-order valence-corrected chi connectivity index (χ1v) is 9.44. The average Bonchev–Trinajstić information content (AvgIpc) is 2.44. The molecule has 1 N–H and O–H groups in total. The van der Waals surface area contributed by atoms with Crippen LogP contribution >= 0.6 is 0 Å². The summed E-state index contributed by atoms with van der Waals surface area (Å²) in [5.41, 5.74) is 0.486. The number of ether oxygens (including phenoxy) is 1. The second-order valence-electron chi connectivity index (χ2n) is 6.83. The smallest absolute Gasteiger partial charge is 0.407 e. The van der Waals surface area contributed by atoms with Gasteiger partial charge in [0.15, 0.2) is 0 Å². The Kier molecular flexibility index (Phi) is 6.80. The molecule has 0 radical (unpaired) electrons. The molecule has 7 heteroatoms. The second-order valence-corrected chi connectivity index (χ2v) is 8.88. The molecule has 136 valence electrons. The third-order valence-electron chi connectivity index (χ3n) is 3.33. The number of nitrogens with zero attached hydrogens (tertiary/aromatic N) is 1. The number of sulfonamides is 1. The molecular formula is C17H28N2O4S. The third-order valence-corrected chi connectivity index (χ3v) is 5.17. The van der Waals surface area contributed by atoms with Gasteiger partial charge in [0.05, 0.1) is 4.90 Å². The Morgan fingerprint density at radius 1 is 1.25 bits per heavy atom. The van der Waals surface area contributed by atoms with Crippen molar-refractivity contribution in [1.29, 1.82) is 0 Å². The van der Waals surface area contributed by atoms with Crippen molar-refractivity contribution in [1.82, 2.24) is 9.62 Å². The van der Waals surface area contributed by atoms with E-state index >= 15 is 0 Å². The zero-order valence-electron chi connectivity index (χ0n) is 15.3. The van der Waals surface area contributed by atoms with Gasteiger partial charge in [-0.2, -0.15) is 4.31 Å². The molecule has 0 aliphatic heterocycles. The number of hydrogen-bond donors (Lipinski definition) is 1. The topological polar surface area (TPSA) is 75.7 Å². The predicted octanol–water partition coefficient (Wildman–Crippen LogP) is 2.78. The lowest BCUT2D eigenvalue weighted by molar-refractivity contribution is 0.0504. The molecule has 1 rings (SSSR count). The molecule has 0 unspecified atom stereocenters. The molecule has 0 bridgehead atoms. The molecule has 0 fully saturated rings. The summed E-state index contributed by atoms with van der Waals surface area (Å²) in [6.07, 6.45) is 0.292. The van der Waals surface area contributed by atoms with E-state index in [1.807, 2.05) is 19.1 Å². The zero-order chi connectivity index (χ0) is 18.5. The predicted molar refractivity (Wildman–Crippen MR) is 94.5 cm³/mol. The van der Waals surface area contributed by atoms with Crippen molar-refractivity contribution in [3.05, 3.63) is 29.8 Å². The first-order chi connectivity index (χ1) is 11.0. The van der Waals surface area contributed by atoms with Gasteiger partial charge in [-0.1, -0.05) is 19.1 Å². The van der Waals surface area contributed by atoms with Crippen LogP contribution in [0.1, 0.15) is 40.2 Å². The highest BCUT2D eigenvalue weighted by atomic mass is 32.2. The van der Waals surface area contributed by atoms with Crippen molar-refractivity contribution < 1.29 is 17.9 Å². The van der Waals surface area contributed by atoms with Gasteiger partial charge in [0, 0.05) is 19.6 Å². The summed E-state index contributed by atoms with van der Waals surface area (Å²) < 4.78 is 31.5. The largest absolute Gasteiger partial charge is 0.444 e. The van der Waals surface area contributed by atoms with E-state index in [0.29, 0.717) is 0 Å². The summed E-state index contributed by atoms with van der Waals surface area (Å²) in [5.74, 6) is 0. The molecule has 6 nitrogen and oxygen atoms in total. The van der Waals surface area contributed by atoms with Crippen LogP contribution < -0.4 is 5.32 Å². The Hall–Kier alpha value is -1.60. The van der Waals surface area contributed by atoms with Gasteiger partial charge in [-0.05, 0) is 51.8 Å². The van der Waals surface area contributed by atoms with Gasteiger partial charge in [-0.3, -0.25) is 0 Å². The van der Waals surface area contributed by atoms with Gasteiger partial charge < -0.3 is 10.1 Å². The number of alkyl carbamates (subject to hydrolysis) is 1. The van der Waals surface area contributed by atoms with Crippen LogP contribution in [0.25, 0.3) is 0 Å². The average molecular weight is 356 g/mol. The lowest BCUT2D eigenvalue weighted by Gasteiger charge is -2.24. The number of likely N-dealkylation sites (N-methyl/N-ethyl adjacent to an activating group) is 1. The van der Waals surface area contributed by atoms with Crippen molar-refractivity contribution in [3.8, 4) is 0 Å². The highest BCUT2D eigenvalue weighted by molar-refractivity contribution is 7.89. The number of rotatable bonds is 6. The second kappa shape index (κ2) is 7.98. The van der Waals surface area contributed by atoms with Crippen LogP contribution in [-0.2, 0) is 21.2 Å². The minimum absolute atomic E-state index is 0.150. The molecule has 1 aromatic carbocycles. The maximum Gasteiger partial charge on any atom is 0.407 e. The number of nitrogens with one attached hydrogen (secondary N) is 1. The third kappa shape index (κ3) is 6.13. The van der Waals surface area contributed by atoms with E-state index in [1.54, 1.807) is 39.8 Å². The summed E-state index contributed by atoms with van der Waals surface area (Å²) in [7, 11) is -2.09.